The van der Waals surface area contributed by atoms with Crippen molar-refractivity contribution in [3.05, 3.63) is 35.9 Å². The monoisotopic (exact) mass is 302 g/mol. The molecule has 0 amide bonds. The molecule has 2 aromatic rings. The molecule has 1 saturated carbocycles. The normalized spacial score (nSPS) is 25.3. The number of morpholine rings is 1. The summed E-state index contributed by atoms with van der Waals surface area (Å²) in [4.78, 5) is 7.35. The van der Waals surface area contributed by atoms with Gasteiger partial charge in [-0.15, -0.1) is 11.6 Å². The first kappa shape index (κ1) is 13.4. The summed E-state index contributed by atoms with van der Waals surface area (Å²) in [7, 11) is 0. The second-order valence-electron chi connectivity index (χ2n) is 5.90. The molecule has 0 N–H and O–H groups in total. The average molecular weight is 303 g/mol. The number of benzene rings is 1. The fraction of sp³-hybridized carbons (Fsp3) is 0.471. The molecule has 1 aromatic heterocycles. The molecule has 21 heavy (non-hydrogen) atoms. The molecule has 4 rings (SSSR count). The number of anilines is 1. The quantitative estimate of drug-likeness (QED) is 0.790. The van der Waals surface area contributed by atoms with E-state index >= 15 is 0 Å². The van der Waals surface area contributed by atoms with Crippen LogP contribution in [0, 0.1) is 0 Å². The summed E-state index contributed by atoms with van der Waals surface area (Å²) in [5.41, 5.74) is 2.17. The Labute approximate surface area is 129 Å². The summed E-state index contributed by atoms with van der Waals surface area (Å²) < 4.78 is 5.91. The van der Waals surface area contributed by atoms with E-state index < -0.39 is 0 Å². The summed E-state index contributed by atoms with van der Waals surface area (Å²) in [6, 6.07) is 10.9. The topological polar surface area (TPSA) is 25.4 Å². The molecule has 1 aromatic carbocycles. The van der Waals surface area contributed by atoms with Gasteiger partial charge in [-0.3, -0.25) is 0 Å². The highest BCUT2D eigenvalue weighted by atomic mass is 35.5. The van der Waals surface area contributed by atoms with Crippen LogP contribution < -0.4 is 4.90 Å². The van der Waals surface area contributed by atoms with Gasteiger partial charge in [0.2, 0.25) is 0 Å². The third-order valence-corrected chi connectivity index (χ3v) is 4.97. The third-order valence-electron chi connectivity index (χ3n) is 4.68. The SMILES string of the molecule is ClCc1cc2ccccc2nc1N1CCOC2CCCC21. The van der Waals surface area contributed by atoms with Crippen LogP contribution in [0.25, 0.3) is 10.9 Å². The van der Waals surface area contributed by atoms with Gasteiger partial charge < -0.3 is 9.64 Å². The highest BCUT2D eigenvalue weighted by Crippen LogP contribution is 2.35. The van der Waals surface area contributed by atoms with E-state index in [2.05, 4.69) is 23.1 Å². The van der Waals surface area contributed by atoms with Gasteiger partial charge in [-0.05, 0) is 31.4 Å². The Hall–Kier alpha value is -1.32. The Kier molecular flexibility index (Phi) is 3.48. The van der Waals surface area contributed by atoms with E-state index in [-0.39, 0.29) is 0 Å². The van der Waals surface area contributed by atoms with Gasteiger partial charge in [0.15, 0.2) is 0 Å². The molecule has 1 saturated heterocycles. The Morgan fingerprint density at radius 2 is 2.19 bits per heavy atom. The lowest BCUT2D eigenvalue weighted by atomic mass is 10.1. The van der Waals surface area contributed by atoms with Gasteiger partial charge in [-0.25, -0.2) is 4.98 Å². The minimum Gasteiger partial charge on any atom is -0.374 e. The van der Waals surface area contributed by atoms with Crippen LogP contribution >= 0.6 is 11.6 Å². The van der Waals surface area contributed by atoms with Gasteiger partial charge in [-0.2, -0.15) is 0 Å². The molecule has 2 fully saturated rings. The molecule has 110 valence electrons. The van der Waals surface area contributed by atoms with E-state index in [1.165, 1.54) is 19.3 Å². The van der Waals surface area contributed by atoms with E-state index in [4.69, 9.17) is 21.3 Å². The van der Waals surface area contributed by atoms with Crippen molar-refractivity contribution in [3.63, 3.8) is 0 Å². The predicted molar refractivity (Wildman–Crippen MR) is 86.0 cm³/mol. The first-order chi connectivity index (χ1) is 10.4. The summed E-state index contributed by atoms with van der Waals surface area (Å²) in [6.07, 6.45) is 3.98. The Balaban J connectivity index is 1.80. The maximum absolute atomic E-state index is 6.20. The highest BCUT2D eigenvalue weighted by molar-refractivity contribution is 6.17. The minimum atomic E-state index is 0.371. The largest absolute Gasteiger partial charge is 0.374 e. The van der Waals surface area contributed by atoms with E-state index in [9.17, 15) is 0 Å². The zero-order valence-corrected chi connectivity index (χ0v) is 12.7. The molecule has 1 aliphatic heterocycles. The van der Waals surface area contributed by atoms with Gasteiger partial charge in [-0.1, -0.05) is 18.2 Å². The van der Waals surface area contributed by atoms with Crippen molar-refractivity contribution in [2.24, 2.45) is 0 Å². The molecule has 0 radical (unpaired) electrons. The fourth-order valence-corrected chi connectivity index (χ4v) is 3.88. The molecule has 2 heterocycles. The molecule has 2 aliphatic rings. The lowest BCUT2D eigenvalue weighted by Crippen LogP contribution is -2.49. The molecule has 0 spiro atoms. The summed E-state index contributed by atoms with van der Waals surface area (Å²) >= 11 is 6.20. The van der Waals surface area contributed by atoms with Gasteiger partial charge in [0.05, 0.1) is 30.1 Å². The van der Waals surface area contributed by atoms with Crippen molar-refractivity contribution < 1.29 is 4.74 Å². The van der Waals surface area contributed by atoms with Crippen molar-refractivity contribution in [1.29, 1.82) is 0 Å². The number of aromatic nitrogens is 1. The van der Waals surface area contributed by atoms with Crippen molar-refractivity contribution in [1.82, 2.24) is 4.98 Å². The maximum Gasteiger partial charge on any atom is 0.134 e. The summed E-state index contributed by atoms with van der Waals surface area (Å²) in [5.74, 6) is 1.56. The molecule has 3 nitrogen and oxygen atoms in total. The number of ether oxygens (including phenoxy) is 1. The number of fused-ring (bicyclic) bond motifs is 2. The first-order valence-electron chi connectivity index (χ1n) is 7.69. The van der Waals surface area contributed by atoms with Crippen LogP contribution in [0.4, 0.5) is 5.82 Å². The number of rotatable bonds is 2. The number of hydrogen-bond acceptors (Lipinski definition) is 3. The molecular formula is C17H19ClN2O. The summed E-state index contributed by atoms with van der Waals surface area (Å²) in [5, 5.41) is 1.16. The van der Waals surface area contributed by atoms with Crippen molar-refractivity contribution in [2.75, 3.05) is 18.1 Å². The lowest BCUT2D eigenvalue weighted by Gasteiger charge is -2.39. The molecular weight excluding hydrogens is 284 g/mol. The number of para-hydroxylation sites is 1. The molecule has 1 aliphatic carbocycles. The highest BCUT2D eigenvalue weighted by Gasteiger charge is 2.37. The van der Waals surface area contributed by atoms with Crippen LogP contribution in [0.1, 0.15) is 24.8 Å². The van der Waals surface area contributed by atoms with Crippen LogP contribution in [0.15, 0.2) is 30.3 Å². The van der Waals surface area contributed by atoms with Crippen LogP contribution in [-0.4, -0.2) is 30.3 Å². The number of halogens is 1. The Morgan fingerprint density at radius 1 is 1.29 bits per heavy atom. The zero-order chi connectivity index (χ0) is 14.2. The van der Waals surface area contributed by atoms with Crippen molar-refractivity contribution in [3.8, 4) is 0 Å². The number of alkyl halides is 1. The number of nitrogens with zero attached hydrogens (tertiary/aromatic N) is 2. The van der Waals surface area contributed by atoms with Crippen molar-refractivity contribution in [2.45, 2.75) is 37.3 Å². The van der Waals surface area contributed by atoms with Crippen molar-refractivity contribution >= 4 is 28.3 Å². The summed E-state index contributed by atoms with van der Waals surface area (Å²) in [6.45, 7) is 1.70. The smallest absolute Gasteiger partial charge is 0.134 e. The van der Waals surface area contributed by atoms with Crippen LogP contribution in [-0.2, 0) is 10.6 Å². The fourth-order valence-electron chi connectivity index (χ4n) is 3.69. The number of pyridine rings is 1. The van der Waals surface area contributed by atoms with Gasteiger partial charge in [0.1, 0.15) is 5.82 Å². The van der Waals surface area contributed by atoms with Crippen LogP contribution in [0.5, 0.6) is 0 Å². The lowest BCUT2D eigenvalue weighted by molar-refractivity contribution is 0.0253. The van der Waals surface area contributed by atoms with Gasteiger partial charge in [0.25, 0.3) is 0 Å². The molecule has 4 heteroatoms. The first-order valence-corrected chi connectivity index (χ1v) is 8.23. The minimum absolute atomic E-state index is 0.371. The predicted octanol–water partition coefficient (Wildman–Crippen LogP) is 3.73. The van der Waals surface area contributed by atoms with E-state index in [0.717, 1.165) is 35.4 Å². The van der Waals surface area contributed by atoms with E-state index in [1.807, 2.05) is 12.1 Å². The Bertz CT molecular complexity index is 660. The van der Waals surface area contributed by atoms with Gasteiger partial charge >= 0.3 is 0 Å². The standard InChI is InChI=1S/C17H19ClN2O/c18-11-13-10-12-4-1-2-5-14(12)19-17(13)20-8-9-21-16-7-3-6-15(16)20/h1-2,4-5,10,15-16H,3,6-9,11H2. The molecule has 2 unspecified atom stereocenters. The third kappa shape index (κ3) is 2.29. The maximum atomic E-state index is 6.20. The van der Waals surface area contributed by atoms with Crippen LogP contribution in [0.2, 0.25) is 0 Å². The van der Waals surface area contributed by atoms with E-state index in [0.29, 0.717) is 18.0 Å². The van der Waals surface area contributed by atoms with E-state index in [1.54, 1.807) is 0 Å². The number of hydrogen-bond donors (Lipinski definition) is 0. The second kappa shape index (κ2) is 5.47. The average Bonchev–Trinajstić information content (AvgIpc) is 3.02. The molecule has 2 atom stereocenters. The zero-order valence-electron chi connectivity index (χ0n) is 12.0. The Morgan fingerprint density at radius 3 is 3.10 bits per heavy atom. The van der Waals surface area contributed by atoms with Gasteiger partial charge in [0, 0.05) is 17.5 Å². The molecule has 0 bridgehead atoms. The second-order valence-corrected chi connectivity index (χ2v) is 6.17. The van der Waals surface area contributed by atoms with Crippen LogP contribution in [0.3, 0.4) is 0 Å².